The fourth-order valence-corrected chi connectivity index (χ4v) is 5.99. The van der Waals surface area contributed by atoms with E-state index >= 15 is 0 Å². The molecule has 0 unspecified atom stereocenters. The van der Waals surface area contributed by atoms with Gasteiger partial charge in [0.1, 0.15) is 0 Å². The Kier molecular flexibility index (Phi) is 2.60. The first-order chi connectivity index (χ1) is 8.42. The summed E-state index contributed by atoms with van der Waals surface area (Å²) in [7, 11) is 1.56. The molecule has 3 aliphatic rings. The van der Waals surface area contributed by atoms with Crippen LogP contribution in [-0.2, 0) is 9.53 Å². The Morgan fingerprint density at radius 2 is 1.89 bits per heavy atom. The van der Waals surface area contributed by atoms with Gasteiger partial charge in [-0.3, -0.25) is 4.79 Å². The molecule has 3 saturated carbocycles. The quantitative estimate of drug-likeness (QED) is 0.664. The standard InChI is InChI=1S/C16H26O2/c1-15(2)8-5-9-16(3)11-7-6-10(12(11)15)13(16)14(17)18-4/h10-13H,5-9H2,1-4H3/t10-,11-,12-,13+,16+/m0/s1. The highest BCUT2D eigenvalue weighted by Crippen LogP contribution is 2.70. The molecule has 0 amide bonds. The van der Waals surface area contributed by atoms with Crippen LogP contribution in [0.2, 0.25) is 0 Å². The summed E-state index contributed by atoms with van der Waals surface area (Å²) in [6.45, 7) is 7.22. The van der Waals surface area contributed by atoms with Gasteiger partial charge in [-0.15, -0.1) is 0 Å². The second-order valence-corrected chi connectivity index (χ2v) is 7.72. The molecule has 0 radical (unpaired) electrons. The topological polar surface area (TPSA) is 26.3 Å². The molecule has 2 heteroatoms. The fourth-order valence-electron chi connectivity index (χ4n) is 5.99. The van der Waals surface area contributed by atoms with Crippen molar-refractivity contribution in [2.24, 2.45) is 34.5 Å². The monoisotopic (exact) mass is 250 g/mol. The summed E-state index contributed by atoms with van der Waals surface area (Å²) in [6.07, 6.45) is 6.40. The zero-order chi connectivity index (χ0) is 13.1. The van der Waals surface area contributed by atoms with Crippen LogP contribution in [0.4, 0.5) is 0 Å². The van der Waals surface area contributed by atoms with Gasteiger partial charge in [0.05, 0.1) is 13.0 Å². The molecule has 5 atom stereocenters. The molecular formula is C16H26O2. The molecule has 4 bridgehead atoms. The molecule has 3 rings (SSSR count). The maximum atomic E-state index is 12.3. The van der Waals surface area contributed by atoms with Gasteiger partial charge >= 0.3 is 5.97 Å². The van der Waals surface area contributed by atoms with E-state index in [1.807, 2.05) is 0 Å². The fraction of sp³-hybridized carbons (Fsp3) is 0.938. The van der Waals surface area contributed by atoms with Crippen molar-refractivity contribution >= 4 is 5.97 Å². The highest BCUT2D eigenvalue weighted by molar-refractivity contribution is 5.74. The van der Waals surface area contributed by atoms with Gasteiger partial charge in [0.25, 0.3) is 0 Å². The third-order valence-electron chi connectivity index (χ3n) is 6.59. The lowest BCUT2D eigenvalue weighted by molar-refractivity contribution is -0.153. The van der Waals surface area contributed by atoms with Crippen molar-refractivity contribution in [3.63, 3.8) is 0 Å². The minimum atomic E-state index is 0.0624. The summed E-state index contributed by atoms with van der Waals surface area (Å²) in [5.41, 5.74) is 0.626. The summed E-state index contributed by atoms with van der Waals surface area (Å²) >= 11 is 0. The molecule has 0 aromatic heterocycles. The Morgan fingerprint density at radius 1 is 1.17 bits per heavy atom. The van der Waals surface area contributed by atoms with E-state index in [9.17, 15) is 4.79 Å². The average Bonchev–Trinajstić information content (AvgIpc) is 2.79. The molecule has 102 valence electrons. The summed E-state index contributed by atoms with van der Waals surface area (Å²) in [5, 5.41) is 0. The molecule has 0 heterocycles. The number of carbonyl (C=O) groups excluding carboxylic acids is 1. The van der Waals surface area contributed by atoms with E-state index in [4.69, 9.17) is 4.74 Å². The van der Waals surface area contributed by atoms with Crippen LogP contribution in [0.5, 0.6) is 0 Å². The van der Waals surface area contributed by atoms with E-state index in [1.165, 1.54) is 32.1 Å². The molecule has 0 saturated heterocycles. The zero-order valence-corrected chi connectivity index (χ0v) is 12.2. The minimum absolute atomic E-state index is 0.0624. The second-order valence-electron chi connectivity index (χ2n) is 7.72. The minimum Gasteiger partial charge on any atom is -0.469 e. The number of rotatable bonds is 1. The lowest BCUT2D eigenvalue weighted by Gasteiger charge is -2.39. The lowest BCUT2D eigenvalue weighted by Crippen LogP contribution is -2.39. The summed E-state index contributed by atoms with van der Waals surface area (Å²) in [4.78, 5) is 12.3. The number of ether oxygens (including phenoxy) is 1. The number of carbonyl (C=O) groups is 1. The van der Waals surface area contributed by atoms with E-state index in [0.717, 1.165) is 11.8 Å². The van der Waals surface area contributed by atoms with Crippen molar-refractivity contribution in [2.75, 3.05) is 7.11 Å². The van der Waals surface area contributed by atoms with Crippen LogP contribution in [0.25, 0.3) is 0 Å². The molecular weight excluding hydrogens is 224 g/mol. The van der Waals surface area contributed by atoms with Crippen molar-refractivity contribution in [1.29, 1.82) is 0 Å². The van der Waals surface area contributed by atoms with Gasteiger partial charge in [-0.05, 0) is 54.3 Å². The van der Waals surface area contributed by atoms with E-state index in [0.29, 0.717) is 11.3 Å². The summed E-state index contributed by atoms with van der Waals surface area (Å²) < 4.78 is 5.13. The van der Waals surface area contributed by atoms with Gasteiger partial charge in [-0.25, -0.2) is 0 Å². The maximum absolute atomic E-state index is 12.3. The van der Waals surface area contributed by atoms with Gasteiger partial charge in [0.15, 0.2) is 0 Å². The second kappa shape index (κ2) is 3.74. The van der Waals surface area contributed by atoms with E-state index < -0.39 is 0 Å². The Hall–Kier alpha value is -0.530. The number of esters is 1. The smallest absolute Gasteiger partial charge is 0.309 e. The normalized spacial score (nSPS) is 48.9. The summed E-state index contributed by atoms with van der Waals surface area (Å²) in [6, 6.07) is 0. The van der Waals surface area contributed by atoms with Gasteiger partial charge in [-0.2, -0.15) is 0 Å². The zero-order valence-electron chi connectivity index (χ0n) is 12.2. The lowest BCUT2D eigenvalue weighted by atomic mass is 9.65. The SMILES string of the molecule is COC(=O)[C@H]1[C@H]2CC[C@H]3[C@H]2C(C)(C)CCC[C@]31C. The first-order valence-electron chi connectivity index (χ1n) is 7.49. The summed E-state index contributed by atoms with van der Waals surface area (Å²) in [5.74, 6) is 2.32. The molecule has 0 aromatic carbocycles. The molecule has 0 spiro atoms. The Balaban J connectivity index is 2.05. The third-order valence-corrected chi connectivity index (χ3v) is 6.59. The van der Waals surface area contributed by atoms with Gasteiger partial charge in [0.2, 0.25) is 0 Å². The third kappa shape index (κ3) is 1.38. The Labute approximate surface area is 110 Å². The van der Waals surface area contributed by atoms with Gasteiger partial charge < -0.3 is 4.74 Å². The highest BCUT2D eigenvalue weighted by atomic mass is 16.5. The molecule has 0 N–H and O–H groups in total. The largest absolute Gasteiger partial charge is 0.469 e. The Bertz CT molecular complexity index is 373. The van der Waals surface area contributed by atoms with E-state index in [2.05, 4.69) is 20.8 Å². The number of methoxy groups -OCH3 is 1. The number of hydrogen-bond donors (Lipinski definition) is 0. The van der Waals surface area contributed by atoms with E-state index in [-0.39, 0.29) is 17.3 Å². The van der Waals surface area contributed by atoms with Crippen molar-refractivity contribution < 1.29 is 9.53 Å². The predicted molar refractivity (Wildman–Crippen MR) is 70.9 cm³/mol. The molecule has 3 fully saturated rings. The van der Waals surface area contributed by atoms with Crippen LogP contribution in [0.15, 0.2) is 0 Å². The molecule has 0 aromatic rings. The highest BCUT2D eigenvalue weighted by Gasteiger charge is 2.67. The van der Waals surface area contributed by atoms with Crippen molar-refractivity contribution in [1.82, 2.24) is 0 Å². The van der Waals surface area contributed by atoms with Crippen molar-refractivity contribution in [2.45, 2.75) is 52.9 Å². The molecule has 2 nitrogen and oxygen atoms in total. The van der Waals surface area contributed by atoms with Gasteiger partial charge in [-0.1, -0.05) is 27.2 Å². The number of hydrogen-bond acceptors (Lipinski definition) is 2. The van der Waals surface area contributed by atoms with Crippen LogP contribution in [0.3, 0.4) is 0 Å². The van der Waals surface area contributed by atoms with Crippen LogP contribution in [0, 0.1) is 34.5 Å². The van der Waals surface area contributed by atoms with Crippen LogP contribution >= 0.6 is 0 Å². The Morgan fingerprint density at radius 3 is 2.56 bits per heavy atom. The van der Waals surface area contributed by atoms with Crippen LogP contribution < -0.4 is 0 Å². The first-order valence-corrected chi connectivity index (χ1v) is 7.49. The molecule has 0 aliphatic heterocycles. The van der Waals surface area contributed by atoms with Crippen molar-refractivity contribution in [3.8, 4) is 0 Å². The van der Waals surface area contributed by atoms with E-state index in [1.54, 1.807) is 7.11 Å². The van der Waals surface area contributed by atoms with Crippen LogP contribution in [-0.4, -0.2) is 13.1 Å². The van der Waals surface area contributed by atoms with Crippen molar-refractivity contribution in [3.05, 3.63) is 0 Å². The maximum Gasteiger partial charge on any atom is 0.309 e. The molecule has 3 aliphatic carbocycles. The first kappa shape index (κ1) is 12.5. The average molecular weight is 250 g/mol. The van der Waals surface area contributed by atoms with Gasteiger partial charge in [0, 0.05) is 0 Å². The predicted octanol–water partition coefficient (Wildman–Crippen LogP) is 3.65. The molecule has 18 heavy (non-hydrogen) atoms. The van der Waals surface area contributed by atoms with Crippen LogP contribution in [0.1, 0.15) is 52.9 Å².